The summed E-state index contributed by atoms with van der Waals surface area (Å²) < 4.78 is 18.4. The molecule has 0 unspecified atom stereocenters. The fourth-order valence-corrected chi connectivity index (χ4v) is 8.57. The minimum Gasteiger partial charge on any atom is -0.491 e. The van der Waals surface area contributed by atoms with Crippen LogP contribution in [-0.2, 0) is 23.8 Å². The number of rotatable bonds is 2. The van der Waals surface area contributed by atoms with Gasteiger partial charge in [0.15, 0.2) is 0 Å². The van der Waals surface area contributed by atoms with Crippen LogP contribution in [0.2, 0.25) is 0 Å². The average molecular weight is 477 g/mol. The Labute approximate surface area is 199 Å². The Morgan fingerprint density at radius 3 is 2.82 bits per heavy atom. The topological polar surface area (TPSA) is 82.1 Å². The third-order valence-electron chi connectivity index (χ3n) is 10.1. The molecule has 12 atom stereocenters. The van der Waals surface area contributed by atoms with E-state index in [1.807, 2.05) is 6.92 Å². The fourth-order valence-electron chi connectivity index (χ4n) is 8.51. The molecule has 3 bridgehead atoms. The van der Waals surface area contributed by atoms with E-state index in [1.54, 1.807) is 0 Å². The third-order valence-corrected chi connectivity index (χ3v) is 10.3. The van der Waals surface area contributed by atoms with Crippen molar-refractivity contribution in [2.75, 3.05) is 5.88 Å². The predicted octanol–water partition coefficient (Wildman–Crippen LogP) is 3.61. The van der Waals surface area contributed by atoms with Crippen LogP contribution in [-0.4, -0.2) is 46.8 Å². The lowest BCUT2D eigenvalue weighted by molar-refractivity contribution is -0.154. The predicted molar refractivity (Wildman–Crippen MR) is 120 cm³/mol. The minimum absolute atomic E-state index is 0.0155. The molecule has 180 valence electrons. The van der Waals surface area contributed by atoms with Crippen LogP contribution in [0, 0.1) is 47.3 Å². The molecule has 1 saturated heterocycles. The zero-order valence-electron chi connectivity index (χ0n) is 19.6. The summed E-state index contributed by atoms with van der Waals surface area (Å²) >= 11 is 5.73. The van der Waals surface area contributed by atoms with Crippen LogP contribution in [0.1, 0.15) is 47.0 Å². The number of aliphatic hydroxyl groups excluding tert-OH is 1. The van der Waals surface area contributed by atoms with Gasteiger partial charge in [0.2, 0.25) is 0 Å². The quantitative estimate of drug-likeness (QED) is 0.372. The molecule has 0 radical (unpaired) electrons. The summed E-state index contributed by atoms with van der Waals surface area (Å²) in [5.41, 5.74) is 1.64. The van der Waals surface area contributed by atoms with Crippen molar-refractivity contribution in [3.8, 4) is 0 Å². The zero-order valence-corrected chi connectivity index (χ0v) is 20.4. The number of aliphatic hydroxyl groups is 1. The van der Waals surface area contributed by atoms with E-state index in [1.165, 1.54) is 5.57 Å². The molecule has 3 fully saturated rings. The highest BCUT2D eigenvalue weighted by Crippen LogP contribution is 2.66. The Bertz CT molecular complexity index is 972. The lowest BCUT2D eigenvalue weighted by Gasteiger charge is -2.48. The van der Waals surface area contributed by atoms with Crippen molar-refractivity contribution in [3.63, 3.8) is 0 Å². The molecule has 3 aliphatic carbocycles. The molecule has 7 heteroatoms. The van der Waals surface area contributed by atoms with E-state index in [0.717, 1.165) is 25.0 Å². The van der Waals surface area contributed by atoms with Gasteiger partial charge in [0.25, 0.3) is 0 Å². The van der Waals surface area contributed by atoms with E-state index in [4.69, 9.17) is 25.8 Å². The minimum atomic E-state index is -0.619. The number of carbonyl (C=O) groups excluding carboxylic acids is 2. The van der Waals surface area contributed by atoms with Gasteiger partial charge < -0.3 is 19.3 Å². The monoisotopic (exact) mass is 476 g/mol. The molecule has 2 saturated carbocycles. The van der Waals surface area contributed by atoms with Crippen LogP contribution in [0.5, 0.6) is 0 Å². The summed E-state index contributed by atoms with van der Waals surface area (Å²) in [4.78, 5) is 25.4. The molecule has 0 aromatic heterocycles. The highest BCUT2D eigenvalue weighted by molar-refractivity contribution is 6.26. The lowest BCUT2D eigenvalue weighted by Crippen LogP contribution is -2.49. The molecule has 0 spiro atoms. The van der Waals surface area contributed by atoms with Crippen LogP contribution in [0.4, 0.5) is 0 Å². The molecule has 33 heavy (non-hydrogen) atoms. The van der Waals surface area contributed by atoms with Gasteiger partial charge in [-0.15, -0.1) is 11.6 Å². The first kappa shape index (κ1) is 22.0. The van der Waals surface area contributed by atoms with Crippen molar-refractivity contribution in [3.05, 3.63) is 23.0 Å². The second-order valence-corrected chi connectivity index (χ2v) is 11.8. The number of hydrogen-bond donors (Lipinski definition) is 1. The Morgan fingerprint density at radius 2 is 2.09 bits per heavy atom. The van der Waals surface area contributed by atoms with Gasteiger partial charge in [-0.1, -0.05) is 25.5 Å². The number of allylic oxidation sites excluding steroid dienone is 1. The van der Waals surface area contributed by atoms with Crippen LogP contribution in [0.3, 0.4) is 0 Å². The number of fused-ring (bicyclic) bond motifs is 9. The van der Waals surface area contributed by atoms with E-state index in [2.05, 4.69) is 26.8 Å². The Morgan fingerprint density at radius 1 is 1.33 bits per heavy atom. The molecule has 0 aromatic rings. The van der Waals surface area contributed by atoms with Gasteiger partial charge in [-0.3, -0.25) is 4.79 Å². The molecule has 0 amide bonds. The van der Waals surface area contributed by atoms with Gasteiger partial charge in [0, 0.05) is 23.7 Å². The molecule has 6 aliphatic rings. The SMILES string of the molecule is CC1=C[C@@H]2[C@H](OC(=O)CCl)[C@@H](C)[C@H](O)[C@H]2[C@@H]2[C@H]3C4=C5O[C@](C)(CC[C@H](OC4=O)[C@H]5C)[C@H]3C[C@H]12. The maximum atomic E-state index is 13.3. The van der Waals surface area contributed by atoms with Gasteiger partial charge in [-0.2, -0.15) is 0 Å². The van der Waals surface area contributed by atoms with Gasteiger partial charge in [0.1, 0.15) is 29.4 Å². The molecule has 0 aromatic carbocycles. The molecular weight excluding hydrogens is 444 g/mol. The first-order chi connectivity index (χ1) is 15.7. The molecule has 6 rings (SSSR count). The summed E-state index contributed by atoms with van der Waals surface area (Å²) in [5.74, 6) is 0.142. The lowest BCUT2D eigenvalue weighted by atomic mass is 9.63. The fraction of sp³-hybridized carbons (Fsp3) is 0.769. The first-order valence-electron chi connectivity index (χ1n) is 12.4. The number of carbonyl (C=O) groups is 2. The average Bonchev–Trinajstić information content (AvgIpc) is 3.27. The summed E-state index contributed by atoms with van der Waals surface area (Å²) in [6.07, 6.45) is 3.68. The molecule has 6 nitrogen and oxygen atoms in total. The van der Waals surface area contributed by atoms with E-state index < -0.39 is 18.2 Å². The molecular formula is C26H33ClO6. The summed E-state index contributed by atoms with van der Waals surface area (Å²) in [7, 11) is 0. The van der Waals surface area contributed by atoms with Gasteiger partial charge in [0.05, 0.1) is 17.6 Å². The first-order valence-corrected chi connectivity index (χ1v) is 13.0. The van der Waals surface area contributed by atoms with Gasteiger partial charge >= 0.3 is 11.9 Å². The van der Waals surface area contributed by atoms with Crippen LogP contribution in [0.25, 0.3) is 0 Å². The van der Waals surface area contributed by atoms with Crippen molar-refractivity contribution in [1.29, 1.82) is 0 Å². The maximum absolute atomic E-state index is 13.3. The summed E-state index contributed by atoms with van der Waals surface area (Å²) in [6, 6.07) is 0. The van der Waals surface area contributed by atoms with Crippen molar-refractivity contribution >= 4 is 23.5 Å². The molecule has 3 aliphatic heterocycles. The smallest absolute Gasteiger partial charge is 0.338 e. The van der Waals surface area contributed by atoms with E-state index in [0.29, 0.717) is 5.57 Å². The molecule has 3 heterocycles. The van der Waals surface area contributed by atoms with Crippen molar-refractivity contribution in [2.24, 2.45) is 47.3 Å². The van der Waals surface area contributed by atoms with Crippen LogP contribution >= 0.6 is 11.6 Å². The van der Waals surface area contributed by atoms with Crippen LogP contribution in [0.15, 0.2) is 23.0 Å². The largest absolute Gasteiger partial charge is 0.491 e. The molecule has 1 N–H and O–H groups in total. The maximum Gasteiger partial charge on any atom is 0.338 e. The number of hydrogen-bond acceptors (Lipinski definition) is 6. The van der Waals surface area contributed by atoms with Crippen molar-refractivity contribution < 1.29 is 28.9 Å². The van der Waals surface area contributed by atoms with E-state index in [9.17, 15) is 14.7 Å². The third kappa shape index (κ3) is 2.83. The second kappa shape index (κ2) is 7.24. The Kier molecular flexibility index (Phi) is 4.82. The second-order valence-electron chi connectivity index (χ2n) is 11.5. The standard InChI is InChI=1S/C26H33ClO6/c1-10-7-14-19(22(29)12(3)23(14)32-17(28)9-27)18-13(10)8-15-20(18)21-24-11(2)16(31-25(21)30)5-6-26(15,4)33-24/h7,11-16,18-20,22-23,29H,5-6,8-9H2,1-4H3/t11-,12+,13-,14+,15+,16+,18-,19-,20+,22+,23-,26-/m1/s1. The van der Waals surface area contributed by atoms with Gasteiger partial charge in [-0.25, -0.2) is 4.79 Å². The summed E-state index contributed by atoms with van der Waals surface area (Å²) in [5, 5.41) is 11.5. The zero-order chi connectivity index (χ0) is 23.4. The number of ether oxygens (including phenoxy) is 3. The highest BCUT2D eigenvalue weighted by atomic mass is 35.5. The summed E-state index contributed by atoms with van der Waals surface area (Å²) in [6.45, 7) is 8.42. The Hall–Kier alpha value is -1.53. The number of esters is 2. The van der Waals surface area contributed by atoms with Crippen molar-refractivity contribution in [2.45, 2.75) is 70.9 Å². The van der Waals surface area contributed by atoms with Crippen LogP contribution < -0.4 is 0 Å². The van der Waals surface area contributed by atoms with E-state index in [-0.39, 0.29) is 70.9 Å². The van der Waals surface area contributed by atoms with E-state index >= 15 is 0 Å². The normalized spacial score (nSPS) is 51.6. The van der Waals surface area contributed by atoms with Gasteiger partial charge in [-0.05, 0) is 50.9 Å². The van der Waals surface area contributed by atoms with Crippen molar-refractivity contribution in [1.82, 2.24) is 0 Å². The number of halogens is 1. The highest BCUT2D eigenvalue weighted by Gasteiger charge is 2.67. The Balaban J connectivity index is 1.48. The number of alkyl halides is 1.